The third-order valence-electron chi connectivity index (χ3n) is 9.60. The number of aromatic nitrogens is 2. The highest BCUT2D eigenvalue weighted by molar-refractivity contribution is 5.95. The van der Waals surface area contributed by atoms with E-state index >= 15 is 0 Å². The lowest BCUT2D eigenvalue weighted by atomic mass is 9.93. The maximum Gasteiger partial charge on any atom is 0.332 e. The third-order valence-corrected chi connectivity index (χ3v) is 9.60. The average Bonchev–Trinajstić information content (AvgIpc) is 3.59. The highest BCUT2D eigenvalue weighted by atomic mass is 16.5. The Labute approximate surface area is 269 Å². The minimum Gasteiger partial charge on any atom is -0.496 e. The molecule has 1 N–H and O–H groups in total. The molecule has 2 amide bonds. The Morgan fingerprint density at radius 2 is 1.85 bits per heavy atom. The zero-order chi connectivity index (χ0) is 32.4. The van der Waals surface area contributed by atoms with Crippen LogP contribution >= 0.6 is 0 Å². The molecule has 0 bridgehead atoms. The first-order chi connectivity index (χ1) is 22.3. The monoisotopic (exact) mass is 626 g/mol. The minimum absolute atomic E-state index is 0.0884. The molecule has 3 aromatic rings. The van der Waals surface area contributed by atoms with E-state index in [1.54, 1.807) is 26.0 Å². The molecule has 0 saturated heterocycles. The van der Waals surface area contributed by atoms with E-state index in [-0.39, 0.29) is 24.3 Å². The summed E-state index contributed by atoms with van der Waals surface area (Å²) in [5.41, 5.74) is 1.30. The van der Waals surface area contributed by atoms with Gasteiger partial charge in [0.1, 0.15) is 17.4 Å². The first kappa shape index (κ1) is 31.5. The van der Waals surface area contributed by atoms with Gasteiger partial charge in [-0.25, -0.2) is 9.78 Å². The van der Waals surface area contributed by atoms with Gasteiger partial charge in [-0.15, -0.1) is 0 Å². The highest BCUT2D eigenvalue weighted by Gasteiger charge is 2.62. The lowest BCUT2D eigenvalue weighted by Crippen LogP contribution is -2.50. The molecule has 1 aliphatic heterocycles. The van der Waals surface area contributed by atoms with Crippen molar-refractivity contribution in [3.8, 4) is 23.0 Å². The second kappa shape index (κ2) is 13.1. The molecule has 0 radical (unpaired) electrons. The summed E-state index contributed by atoms with van der Waals surface area (Å²) in [7, 11) is 3.42. The van der Waals surface area contributed by atoms with Gasteiger partial charge in [0.25, 0.3) is 0 Å². The van der Waals surface area contributed by atoms with Crippen LogP contribution in [0.4, 0.5) is 0 Å². The van der Waals surface area contributed by atoms with Gasteiger partial charge in [0.05, 0.1) is 36.5 Å². The number of methoxy groups -OCH3 is 1. The van der Waals surface area contributed by atoms with E-state index in [1.807, 2.05) is 55.5 Å². The van der Waals surface area contributed by atoms with Gasteiger partial charge in [-0.3, -0.25) is 9.59 Å². The van der Waals surface area contributed by atoms with Crippen molar-refractivity contribution in [2.24, 2.45) is 17.8 Å². The number of allylic oxidation sites excluding steroid dienone is 1. The number of ether oxygens (including phenoxy) is 3. The van der Waals surface area contributed by atoms with Crippen molar-refractivity contribution < 1.29 is 28.6 Å². The maximum atomic E-state index is 14.0. The summed E-state index contributed by atoms with van der Waals surface area (Å²) in [4.78, 5) is 52.5. The van der Waals surface area contributed by atoms with Crippen LogP contribution in [0, 0.1) is 24.7 Å². The van der Waals surface area contributed by atoms with E-state index in [2.05, 4.69) is 11.4 Å². The number of hydrogen-bond acceptors (Lipinski definition) is 8. The summed E-state index contributed by atoms with van der Waals surface area (Å²) < 4.78 is 17.6. The molecular weight excluding hydrogens is 584 g/mol. The van der Waals surface area contributed by atoms with Crippen LogP contribution in [0.2, 0.25) is 0 Å². The van der Waals surface area contributed by atoms with Crippen molar-refractivity contribution >= 4 is 28.7 Å². The molecule has 2 fully saturated rings. The summed E-state index contributed by atoms with van der Waals surface area (Å²) in [6, 6.07) is 13.4. The quantitative estimate of drug-likeness (QED) is 0.299. The van der Waals surface area contributed by atoms with E-state index in [1.165, 1.54) is 0 Å². The second-order valence-corrected chi connectivity index (χ2v) is 12.6. The minimum atomic E-state index is -1.10. The molecule has 2 aromatic carbocycles. The predicted molar refractivity (Wildman–Crippen MR) is 173 cm³/mol. The van der Waals surface area contributed by atoms with E-state index in [9.17, 15) is 14.4 Å². The number of carbonyl (C=O) groups excluding carboxylic acids is 3. The van der Waals surface area contributed by atoms with Crippen molar-refractivity contribution in [2.75, 3.05) is 27.3 Å². The summed E-state index contributed by atoms with van der Waals surface area (Å²) in [5, 5.41) is 3.77. The van der Waals surface area contributed by atoms with Gasteiger partial charge in [-0.05, 0) is 64.5 Å². The van der Waals surface area contributed by atoms with E-state index in [4.69, 9.17) is 24.2 Å². The fourth-order valence-electron chi connectivity index (χ4n) is 6.91. The van der Waals surface area contributed by atoms with Gasteiger partial charge >= 0.3 is 5.97 Å². The van der Waals surface area contributed by atoms with Gasteiger partial charge in [-0.1, -0.05) is 42.5 Å². The Balaban J connectivity index is 1.34. The normalized spacial score (nSPS) is 27.2. The Bertz CT molecular complexity index is 1660. The molecule has 2 aliphatic carbocycles. The number of esters is 1. The molecule has 46 heavy (non-hydrogen) atoms. The predicted octanol–water partition coefficient (Wildman–Crippen LogP) is 5.02. The van der Waals surface area contributed by atoms with Crippen molar-refractivity contribution in [3.05, 3.63) is 60.2 Å². The summed E-state index contributed by atoms with van der Waals surface area (Å²) >= 11 is 0. The number of nitrogens with zero attached hydrogens (tertiary/aromatic N) is 3. The number of amides is 2. The van der Waals surface area contributed by atoms with Crippen LogP contribution in [0.3, 0.4) is 0 Å². The number of carbonyl (C=O) groups is 3. The van der Waals surface area contributed by atoms with E-state index < -0.39 is 29.4 Å². The lowest BCUT2D eigenvalue weighted by molar-refractivity contribution is -0.150. The molecule has 6 rings (SSSR count). The first-order valence-electron chi connectivity index (χ1n) is 16.2. The van der Waals surface area contributed by atoms with Crippen LogP contribution in [0.5, 0.6) is 11.6 Å². The maximum absolute atomic E-state index is 14.0. The van der Waals surface area contributed by atoms with Crippen molar-refractivity contribution in [1.29, 1.82) is 0 Å². The van der Waals surface area contributed by atoms with Crippen LogP contribution in [0.25, 0.3) is 22.3 Å². The third kappa shape index (κ3) is 6.04. The highest BCUT2D eigenvalue weighted by Crippen LogP contribution is 2.47. The fourth-order valence-corrected chi connectivity index (χ4v) is 6.91. The lowest BCUT2D eigenvalue weighted by Gasteiger charge is -2.26. The Morgan fingerprint density at radius 1 is 1.07 bits per heavy atom. The molecule has 1 aromatic heterocycles. The molecule has 0 unspecified atom stereocenters. The topological polar surface area (TPSA) is 120 Å². The Hall–Kier alpha value is -4.47. The standard InChI is InChI=1S/C36H42N4O6/c1-5-45-35(43)36-21-24(36)15-11-6-7-12-18-40(3)34(42)28-20-25(19-27(28)32(41)39-36)46-33-26-16-17-29(44-4)22(2)30(26)37-31(38-33)23-13-9-8-10-14-23/h8-11,13-17,24-25,27-28H,5-7,12,18-21H2,1-4H3,(H,39,41)/b15-11-/t24-,25+,27+,28+,36+/m0/s1. The molecule has 242 valence electrons. The van der Waals surface area contributed by atoms with Gasteiger partial charge in [-0.2, -0.15) is 4.98 Å². The zero-order valence-corrected chi connectivity index (χ0v) is 27.0. The van der Waals surface area contributed by atoms with E-state index in [0.717, 1.165) is 35.8 Å². The Kier molecular flexibility index (Phi) is 8.97. The van der Waals surface area contributed by atoms with Crippen molar-refractivity contribution in [3.63, 3.8) is 0 Å². The van der Waals surface area contributed by atoms with Crippen LogP contribution in [0.1, 0.15) is 51.0 Å². The second-order valence-electron chi connectivity index (χ2n) is 12.6. The number of fused-ring (bicyclic) bond motifs is 3. The molecule has 10 heteroatoms. The number of benzene rings is 2. The van der Waals surface area contributed by atoms with E-state index in [0.29, 0.717) is 48.8 Å². The summed E-state index contributed by atoms with van der Waals surface area (Å²) in [6.07, 6.45) is 7.38. The van der Waals surface area contributed by atoms with Gasteiger partial charge in [0, 0.05) is 30.6 Å². The fraction of sp³-hybridized carbons (Fsp3) is 0.472. The van der Waals surface area contributed by atoms with Crippen LogP contribution in [0.15, 0.2) is 54.6 Å². The molecule has 10 nitrogen and oxygen atoms in total. The molecule has 0 spiro atoms. The number of aryl methyl sites for hydroxylation is 1. The van der Waals surface area contributed by atoms with Crippen LogP contribution in [-0.2, 0) is 19.1 Å². The SMILES string of the molecule is CCOC(=O)[C@@]12C[C@@H]1/C=C\CCCCN(C)C(=O)[C@@H]1C[C@H](Oc3nc(-c4ccccc4)nc4c(C)c(OC)ccc34)C[C@H]1C(=O)N2. The Morgan fingerprint density at radius 3 is 2.61 bits per heavy atom. The van der Waals surface area contributed by atoms with Crippen LogP contribution in [-0.4, -0.2) is 71.6 Å². The van der Waals surface area contributed by atoms with Crippen LogP contribution < -0.4 is 14.8 Å². The summed E-state index contributed by atoms with van der Waals surface area (Å²) in [5.74, 6) is -0.649. The number of nitrogens with one attached hydrogen (secondary N) is 1. The largest absolute Gasteiger partial charge is 0.496 e. The number of hydrogen-bond donors (Lipinski definition) is 1. The molecule has 2 heterocycles. The molecular formula is C36H42N4O6. The van der Waals surface area contributed by atoms with Crippen molar-refractivity contribution in [1.82, 2.24) is 20.2 Å². The van der Waals surface area contributed by atoms with Gasteiger partial charge in [0.15, 0.2) is 5.82 Å². The zero-order valence-electron chi connectivity index (χ0n) is 27.0. The van der Waals surface area contributed by atoms with Gasteiger partial charge < -0.3 is 24.4 Å². The van der Waals surface area contributed by atoms with Crippen molar-refractivity contribution in [2.45, 2.75) is 64.0 Å². The average molecular weight is 627 g/mol. The van der Waals surface area contributed by atoms with Gasteiger partial charge in [0.2, 0.25) is 17.7 Å². The summed E-state index contributed by atoms with van der Waals surface area (Å²) in [6.45, 7) is 4.54. The molecule has 5 atom stereocenters. The molecule has 2 saturated carbocycles. The first-order valence-corrected chi connectivity index (χ1v) is 16.2. The molecule has 3 aliphatic rings. The number of rotatable bonds is 6. The smallest absolute Gasteiger partial charge is 0.332 e.